The van der Waals surface area contributed by atoms with E-state index < -0.39 is 0 Å². The molecule has 0 radical (unpaired) electrons. The summed E-state index contributed by atoms with van der Waals surface area (Å²) in [5, 5.41) is 12.5. The predicted molar refractivity (Wildman–Crippen MR) is 212 cm³/mol. The van der Waals surface area contributed by atoms with E-state index in [4.69, 9.17) is 9.97 Å². The minimum atomic E-state index is -0.0921. The maximum atomic E-state index is 11.3. The van der Waals surface area contributed by atoms with Gasteiger partial charge in [-0.15, -0.1) is 0 Å². The number of benzene rings is 6. The van der Waals surface area contributed by atoms with Crippen LogP contribution < -0.4 is 0 Å². The SMILES string of the molecule is Cc1cc(-c2cc(Cc3ccccc3)cc3c(C)ccnc23)cc(-c2cccc3c2nc(-c2cc(C(C)(C)C)ccc2O)n3-c2ccccc2)c1. The van der Waals surface area contributed by atoms with Gasteiger partial charge in [0.05, 0.1) is 22.1 Å². The van der Waals surface area contributed by atoms with Crippen LogP contribution >= 0.6 is 0 Å². The van der Waals surface area contributed by atoms with E-state index in [1.807, 2.05) is 30.5 Å². The number of imidazole rings is 1. The van der Waals surface area contributed by atoms with Crippen LogP contribution in [0.4, 0.5) is 0 Å². The van der Waals surface area contributed by atoms with E-state index in [0.717, 1.165) is 62.0 Å². The number of phenols is 1. The molecule has 2 aromatic heterocycles. The van der Waals surface area contributed by atoms with Crippen LogP contribution in [-0.4, -0.2) is 19.6 Å². The number of rotatable bonds is 6. The highest BCUT2D eigenvalue weighted by Gasteiger charge is 2.23. The van der Waals surface area contributed by atoms with E-state index in [1.165, 1.54) is 22.1 Å². The van der Waals surface area contributed by atoms with Crippen molar-refractivity contribution in [2.45, 2.75) is 46.5 Å². The number of hydrogen-bond donors (Lipinski definition) is 1. The number of para-hydroxylation sites is 2. The summed E-state index contributed by atoms with van der Waals surface area (Å²) in [6, 6.07) is 46.7. The van der Waals surface area contributed by atoms with Crippen molar-refractivity contribution in [2.24, 2.45) is 0 Å². The first kappa shape index (κ1) is 32.2. The van der Waals surface area contributed by atoms with Crippen LogP contribution in [0.15, 0.2) is 140 Å². The number of hydrogen-bond acceptors (Lipinski definition) is 3. The van der Waals surface area contributed by atoms with Crippen LogP contribution in [0.3, 0.4) is 0 Å². The first-order valence-corrected chi connectivity index (χ1v) is 17.6. The zero-order valence-electron chi connectivity index (χ0n) is 29.8. The highest BCUT2D eigenvalue weighted by Crippen LogP contribution is 2.41. The van der Waals surface area contributed by atoms with E-state index in [1.54, 1.807) is 6.07 Å². The van der Waals surface area contributed by atoms with Crippen LogP contribution in [0.5, 0.6) is 5.75 Å². The minimum absolute atomic E-state index is 0.0921. The van der Waals surface area contributed by atoms with Crippen molar-refractivity contribution in [1.82, 2.24) is 14.5 Å². The van der Waals surface area contributed by atoms with Crippen molar-refractivity contribution in [2.75, 3.05) is 0 Å². The summed E-state index contributed by atoms with van der Waals surface area (Å²) >= 11 is 0. The third-order valence-electron chi connectivity index (χ3n) is 9.88. The van der Waals surface area contributed by atoms with Crippen molar-refractivity contribution in [3.05, 3.63) is 167 Å². The zero-order valence-corrected chi connectivity index (χ0v) is 29.8. The second kappa shape index (κ2) is 12.7. The maximum Gasteiger partial charge on any atom is 0.149 e. The Kier molecular flexibility index (Phi) is 8.03. The van der Waals surface area contributed by atoms with Crippen molar-refractivity contribution < 1.29 is 5.11 Å². The molecule has 1 N–H and O–H groups in total. The van der Waals surface area contributed by atoms with Crippen LogP contribution in [0, 0.1) is 13.8 Å². The van der Waals surface area contributed by atoms with Gasteiger partial charge in [-0.05, 0) is 119 Å². The average molecular weight is 664 g/mol. The fourth-order valence-corrected chi connectivity index (χ4v) is 7.23. The monoisotopic (exact) mass is 663 g/mol. The van der Waals surface area contributed by atoms with E-state index in [2.05, 4.69) is 142 Å². The highest BCUT2D eigenvalue weighted by atomic mass is 16.3. The van der Waals surface area contributed by atoms with Gasteiger partial charge in [-0.2, -0.15) is 0 Å². The number of phenolic OH excluding ortho intramolecular Hbond substituents is 1. The fraction of sp³-hybridized carbons (Fsp3) is 0.149. The molecule has 0 aliphatic carbocycles. The number of aromatic nitrogens is 3. The molecule has 2 heterocycles. The molecule has 0 bridgehead atoms. The van der Waals surface area contributed by atoms with E-state index in [9.17, 15) is 5.11 Å². The third-order valence-corrected chi connectivity index (χ3v) is 9.88. The van der Waals surface area contributed by atoms with Gasteiger partial charge in [-0.25, -0.2) is 4.98 Å². The Morgan fingerprint density at radius 3 is 2.10 bits per heavy atom. The third kappa shape index (κ3) is 6.08. The first-order valence-electron chi connectivity index (χ1n) is 17.6. The smallest absolute Gasteiger partial charge is 0.149 e. The lowest BCUT2D eigenvalue weighted by molar-refractivity contribution is 0.475. The molecule has 51 heavy (non-hydrogen) atoms. The van der Waals surface area contributed by atoms with Crippen LogP contribution in [0.1, 0.15) is 48.6 Å². The number of pyridine rings is 1. The largest absolute Gasteiger partial charge is 0.507 e. The quantitative estimate of drug-likeness (QED) is 0.193. The molecule has 4 heteroatoms. The molecule has 8 aromatic rings. The van der Waals surface area contributed by atoms with Gasteiger partial charge < -0.3 is 5.11 Å². The lowest BCUT2D eigenvalue weighted by Crippen LogP contribution is -2.11. The molecule has 4 nitrogen and oxygen atoms in total. The van der Waals surface area contributed by atoms with Gasteiger partial charge in [-0.3, -0.25) is 9.55 Å². The molecule has 0 unspecified atom stereocenters. The molecule has 8 rings (SSSR count). The Hall–Kier alpha value is -6.00. The zero-order chi connectivity index (χ0) is 35.3. The highest BCUT2D eigenvalue weighted by molar-refractivity contribution is 5.99. The lowest BCUT2D eigenvalue weighted by Gasteiger charge is -2.20. The first-order chi connectivity index (χ1) is 24.6. The van der Waals surface area contributed by atoms with Crippen LogP contribution in [0.25, 0.3) is 61.3 Å². The van der Waals surface area contributed by atoms with Gasteiger partial charge in [0.2, 0.25) is 0 Å². The Morgan fingerprint density at radius 2 is 1.35 bits per heavy atom. The number of aryl methyl sites for hydroxylation is 2. The topological polar surface area (TPSA) is 50.9 Å². The van der Waals surface area contributed by atoms with Gasteiger partial charge in [0.15, 0.2) is 0 Å². The van der Waals surface area contributed by atoms with Crippen molar-refractivity contribution in [1.29, 1.82) is 0 Å². The molecular formula is C47H41N3O. The lowest BCUT2D eigenvalue weighted by atomic mass is 9.86. The molecule has 0 saturated carbocycles. The van der Waals surface area contributed by atoms with Crippen molar-refractivity contribution in [3.63, 3.8) is 0 Å². The Bertz CT molecular complexity index is 2560. The molecule has 0 atom stereocenters. The summed E-state index contributed by atoms with van der Waals surface area (Å²) in [6.07, 6.45) is 2.76. The summed E-state index contributed by atoms with van der Waals surface area (Å²) < 4.78 is 2.17. The number of nitrogens with zero attached hydrogens (tertiary/aromatic N) is 3. The Morgan fingerprint density at radius 1 is 0.627 bits per heavy atom. The molecular weight excluding hydrogens is 623 g/mol. The van der Waals surface area contributed by atoms with Crippen molar-refractivity contribution in [3.8, 4) is 45.1 Å². The van der Waals surface area contributed by atoms with Gasteiger partial charge in [0.1, 0.15) is 11.6 Å². The summed E-state index contributed by atoms with van der Waals surface area (Å²) in [5.41, 5.74) is 14.9. The average Bonchev–Trinajstić information content (AvgIpc) is 3.51. The number of aromatic hydroxyl groups is 1. The molecule has 0 saturated heterocycles. The normalized spacial score (nSPS) is 11.8. The van der Waals surface area contributed by atoms with Gasteiger partial charge >= 0.3 is 0 Å². The summed E-state index contributed by atoms with van der Waals surface area (Å²) in [6.45, 7) is 10.9. The molecule has 250 valence electrons. The van der Waals surface area contributed by atoms with Gasteiger partial charge in [0, 0.05) is 28.4 Å². The van der Waals surface area contributed by atoms with E-state index in [-0.39, 0.29) is 11.2 Å². The molecule has 6 aromatic carbocycles. The summed E-state index contributed by atoms with van der Waals surface area (Å²) in [5.74, 6) is 0.916. The van der Waals surface area contributed by atoms with E-state index in [0.29, 0.717) is 11.4 Å². The standard InChI is InChI=1S/C47H41N3O/c1-30-23-34(28-35(24-30)40-27-33(25-32-13-8-6-9-14-32)26-39-31(2)21-22-48-44(39)40)38-17-12-18-42-45(38)49-46(50(42)37-15-10-7-11-16-37)41-29-36(47(3,4)5)19-20-43(41)51/h6-24,26-29,51H,25H2,1-5H3. The minimum Gasteiger partial charge on any atom is -0.507 e. The fourth-order valence-electron chi connectivity index (χ4n) is 7.23. The molecule has 0 aliphatic rings. The molecule has 0 fully saturated rings. The second-order valence-electron chi connectivity index (χ2n) is 14.7. The number of fused-ring (bicyclic) bond motifs is 2. The predicted octanol–water partition coefficient (Wildman–Crippen LogP) is 11.8. The molecule has 0 amide bonds. The van der Waals surface area contributed by atoms with Gasteiger partial charge in [0.25, 0.3) is 0 Å². The second-order valence-corrected chi connectivity index (χ2v) is 14.7. The molecule has 0 spiro atoms. The Labute approximate surface area is 299 Å². The summed E-state index contributed by atoms with van der Waals surface area (Å²) in [7, 11) is 0. The maximum absolute atomic E-state index is 11.3. The molecule has 0 aliphatic heterocycles. The van der Waals surface area contributed by atoms with Crippen molar-refractivity contribution >= 4 is 21.9 Å². The summed E-state index contributed by atoms with van der Waals surface area (Å²) in [4.78, 5) is 10.3. The van der Waals surface area contributed by atoms with Crippen LogP contribution in [0.2, 0.25) is 0 Å². The Balaban J connectivity index is 1.34. The van der Waals surface area contributed by atoms with Crippen LogP contribution in [-0.2, 0) is 11.8 Å². The van der Waals surface area contributed by atoms with E-state index >= 15 is 0 Å². The van der Waals surface area contributed by atoms with Gasteiger partial charge in [-0.1, -0.05) is 99.6 Å².